The van der Waals surface area contributed by atoms with Crippen molar-refractivity contribution in [3.8, 4) is 0 Å². The van der Waals surface area contributed by atoms with Crippen molar-refractivity contribution >= 4 is 11.7 Å². The van der Waals surface area contributed by atoms with Crippen molar-refractivity contribution in [3.05, 3.63) is 47.7 Å². The molecule has 1 saturated heterocycles. The minimum atomic E-state index is -0.244. The van der Waals surface area contributed by atoms with E-state index in [0.29, 0.717) is 25.3 Å². The number of fused-ring (bicyclic) bond motifs is 1. The van der Waals surface area contributed by atoms with Gasteiger partial charge in [-0.15, -0.1) is 0 Å². The van der Waals surface area contributed by atoms with Gasteiger partial charge in [0.2, 0.25) is 0 Å². The summed E-state index contributed by atoms with van der Waals surface area (Å²) in [6.07, 6.45) is 5.10. The van der Waals surface area contributed by atoms with Crippen molar-refractivity contribution in [2.24, 2.45) is 0 Å². The van der Waals surface area contributed by atoms with Gasteiger partial charge in [-0.05, 0) is 45.1 Å². The van der Waals surface area contributed by atoms with Crippen molar-refractivity contribution in [3.63, 3.8) is 0 Å². The third-order valence-electron chi connectivity index (χ3n) is 7.74. The van der Waals surface area contributed by atoms with E-state index < -0.39 is 0 Å². The van der Waals surface area contributed by atoms with E-state index in [1.54, 1.807) is 13.3 Å². The van der Waals surface area contributed by atoms with Crippen LogP contribution in [0.15, 0.2) is 36.5 Å². The van der Waals surface area contributed by atoms with E-state index >= 15 is 0 Å². The highest BCUT2D eigenvalue weighted by molar-refractivity contribution is 5.99. The zero-order valence-corrected chi connectivity index (χ0v) is 21.8. The van der Waals surface area contributed by atoms with E-state index in [4.69, 9.17) is 14.2 Å². The molecule has 1 amide bonds. The molecule has 2 aliphatic heterocycles. The van der Waals surface area contributed by atoms with Crippen LogP contribution in [0.25, 0.3) is 0 Å². The van der Waals surface area contributed by atoms with Gasteiger partial charge in [0.05, 0.1) is 37.1 Å². The molecule has 2 aromatic rings. The average Bonchev–Trinajstić information content (AvgIpc) is 3.46. The van der Waals surface area contributed by atoms with E-state index in [1.165, 1.54) is 5.56 Å². The van der Waals surface area contributed by atoms with E-state index in [9.17, 15) is 4.79 Å². The monoisotopic (exact) mass is 484 g/mol. The van der Waals surface area contributed by atoms with Crippen LogP contribution in [0.5, 0.6) is 0 Å². The van der Waals surface area contributed by atoms with Crippen LogP contribution in [0.2, 0.25) is 0 Å². The van der Waals surface area contributed by atoms with E-state index in [-0.39, 0.29) is 35.9 Å². The molecule has 0 spiro atoms. The number of anilines is 1. The summed E-state index contributed by atoms with van der Waals surface area (Å²) < 4.78 is 18.5. The lowest BCUT2D eigenvalue weighted by molar-refractivity contribution is -0.0939. The van der Waals surface area contributed by atoms with Crippen molar-refractivity contribution in [2.75, 3.05) is 39.0 Å². The number of likely N-dealkylation sites (tertiary alicyclic amines) is 1. The number of aromatic nitrogens is 2. The fraction of sp³-hybridized carbons (Fsp3) is 0.630. The Labute approximate surface area is 208 Å². The van der Waals surface area contributed by atoms with Gasteiger partial charge in [-0.3, -0.25) is 4.79 Å². The van der Waals surface area contributed by atoms with Crippen LogP contribution in [-0.2, 0) is 19.7 Å². The predicted molar refractivity (Wildman–Crippen MR) is 136 cm³/mol. The van der Waals surface area contributed by atoms with Crippen molar-refractivity contribution in [2.45, 2.75) is 76.6 Å². The molecule has 4 rings (SSSR count). The van der Waals surface area contributed by atoms with Crippen LogP contribution >= 0.6 is 0 Å². The molecule has 3 heterocycles. The van der Waals surface area contributed by atoms with Crippen LogP contribution in [0.3, 0.4) is 0 Å². The number of hydrogen-bond donors (Lipinski definition) is 1. The molecular weight excluding hydrogens is 444 g/mol. The number of rotatable bonds is 10. The van der Waals surface area contributed by atoms with E-state index in [0.717, 1.165) is 31.5 Å². The summed E-state index contributed by atoms with van der Waals surface area (Å²) in [6.45, 7) is 10.4. The first-order chi connectivity index (χ1) is 16.8. The first-order valence-corrected chi connectivity index (χ1v) is 12.8. The molecule has 8 heteroatoms. The van der Waals surface area contributed by atoms with Gasteiger partial charge in [0.25, 0.3) is 5.91 Å². The third kappa shape index (κ3) is 5.10. The van der Waals surface area contributed by atoms with Gasteiger partial charge in [0.15, 0.2) is 0 Å². The SMILES string of the molecule is CCC1(CC)CC(OCOCCOC)CN1C(=O)c1cnn2c1NC(c1ccccc1)CC2(C)C. The number of carbonyl (C=O) groups is 1. The summed E-state index contributed by atoms with van der Waals surface area (Å²) in [6, 6.07) is 10.5. The second-order valence-corrected chi connectivity index (χ2v) is 10.3. The van der Waals surface area contributed by atoms with Gasteiger partial charge in [-0.25, -0.2) is 4.68 Å². The Balaban J connectivity index is 1.56. The molecule has 2 atom stereocenters. The Morgan fingerprint density at radius 1 is 1.14 bits per heavy atom. The minimum Gasteiger partial charge on any atom is -0.382 e. The summed E-state index contributed by atoms with van der Waals surface area (Å²) >= 11 is 0. The maximum atomic E-state index is 14.1. The Hall–Kier alpha value is -2.42. The van der Waals surface area contributed by atoms with Crippen molar-refractivity contribution in [1.29, 1.82) is 0 Å². The molecule has 1 aromatic carbocycles. The Kier molecular flexibility index (Phi) is 7.83. The molecular formula is C27H40N4O4. The molecule has 1 aromatic heterocycles. The van der Waals surface area contributed by atoms with Gasteiger partial charge >= 0.3 is 0 Å². The molecule has 1 N–H and O–H groups in total. The van der Waals surface area contributed by atoms with Crippen molar-refractivity contribution in [1.82, 2.24) is 14.7 Å². The lowest BCUT2D eigenvalue weighted by Gasteiger charge is -2.39. The average molecular weight is 485 g/mol. The number of methoxy groups -OCH3 is 1. The molecule has 2 aliphatic rings. The van der Waals surface area contributed by atoms with E-state index in [1.807, 2.05) is 15.6 Å². The molecule has 192 valence electrons. The molecule has 35 heavy (non-hydrogen) atoms. The first kappa shape index (κ1) is 25.7. The fourth-order valence-corrected chi connectivity index (χ4v) is 5.61. The van der Waals surface area contributed by atoms with Gasteiger partial charge in [0, 0.05) is 19.2 Å². The lowest BCUT2D eigenvalue weighted by atomic mass is 9.88. The summed E-state index contributed by atoms with van der Waals surface area (Å²) in [7, 11) is 1.65. The second kappa shape index (κ2) is 10.7. The molecule has 8 nitrogen and oxygen atoms in total. The fourth-order valence-electron chi connectivity index (χ4n) is 5.61. The van der Waals surface area contributed by atoms with Crippen molar-refractivity contribution < 1.29 is 19.0 Å². The molecule has 2 unspecified atom stereocenters. The van der Waals surface area contributed by atoms with Gasteiger partial charge < -0.3 is 24.4 Å². The zero-order valence-electron chi connectivity index (χ0n) is 21.8. The smallest absolute Gasteiger partial charge is 0.259 e. The number of carbonyl (C=O) groups excluding carboxylic acids is 1. The molecule has 1 fully saturated rings. The Morgan fingerprint density at radius 3 is 2.57 bits per heavy atom. The maximum absolute atomic E-state index is 14.1. The maximum Gasteiger partial charge on any atom is 0.259 e. The first-order valence-electron chi connectivity index (χ1n) is 12.8. The number of nitrogens with zero attached hydrogens (tertiary/aromatic N) is 3. The third-order valence-corrected chi connectivity index (χ3v) is 7.74. The molecule has 0 aliphatic carbocycles. The zero-order chi connectivity index (χ0) is 25.1. The van der Waals surface area contributed by atoms with Crippen LogP contribution in [0, 0.1) is 0 Å². The molecule has 0 bridgehead atoms. The Bertz CT molecular complexity index is 986. The highest BCUT2D eigenvalue weighted by Crippen LogP contribution is 2.42. The molecule has 0 radical (unpaired) electrons. The van der Waals surface area contributed by atoms with E-state index in [2.05, 4.69) is 62.4 Å². The van der Waals surface area contributed by atoms with Crippen LogP contribution in [-0.4, -0.2) is 65.9 Å². The number of ether oxygens (including phenoxy) is 3. The quantitative estimate of drug-likeness (QED) is 0.393. The molecule has 0 saturated carbocycles. The Morgan fingerprint density at radius 2 is 1.89 bits per heavy atom. The highest BCUT2D eigenvalue weighted by Gasteiger charge is 2.47. The largest absolute Gasteiger partial charge is 0.382 e. The second-order valence-electron chi connectivity index (χ2n) is 10.3. The van der Waals surface area contributed by atoms with Gasteiger partial charge in [0.1, 0.15) is 18.2 Å². The standard InChI is InChI=1S/C27H40N4O4/c1-6-27(7-2)15-21(35-19-34-14-13-33-5)18-30(27)25(32)22-17-28-31-24(22)29-23(16-26(31,3)4)20-11-9-8-10-12-20/h8-12,17,21,23,29H,6-7,13-16,18-19H2,1-5H3. The lowest BCUT2D eigenvalue weighted by Crippen LogP contribution is -2.47. The summed E-state index contributed by atoms with van der Waals surface area (Å²) in [5, 5.41) is 8.31. The van der Waals surface area contributed by atoms with Crippen LogP contribution in [0.1, 0.15) is 75.3 Å². The minimum absolute atomic E-state index is 0.0124. The summed E-state index contributed by atoms with van der Waals surface area (Å²) in [5.41, 5.74) is 1.38. The number of amides is 1. The predicted octanol–water partition coefficient (Wildman–Crippen LogP) is 4.59. The number of nitrogens with one attached hydrogen (secondary N) is 1. The number of hydrogen-bond acceptors (Lipinski definition) is 6. The van der Waals surface area contributed by atoms with Crippen LogP contribution in [0.4, 0.5) is 5.82 Å². The van der Waals surface area contributed by atoms with Gasteiger partial charge in [-0.2, -0.15) is 5.10 Å². The summed E-state index contributed by atoms with van der Waals surface area (Å²) in [5.74, 6) is 0.812. The van der Waals surface area contributed by atoms with Crippen LogP contribution < -0.4 is 5.32 Å². The highest BCUT2D eigenvalue weighted by atomic mass is 16.7. The van der Waals surface area contributed by atoms with Gasteiger partial charge in [-0.1, -0.05) is 44.2 Å². The summed E-state index contributed by atoms with van der Waals surface area (Å²) in [4.78, 5) is 16.1. The number of benzene rings is 1. The normalized spacial score (nSPS) is 22.6. The topological polar surface area (TPSA) is 77.8 Å².